The average molecular weight is 826 g/mol. The van der Waals surface area contributed by atoms with E-state index in [2.05, 4.69) is 72.5 Å². The fraction of sp³-hybridized carbons (Fsp3) is 0.481. The maximum atomic E-state index is 13.0. The van der Waals surface area contributed by atoms with Crippen molar-refractivity contribution in [1.82, 2.24) is 24.9 Å². The van der Waals surface area contributed by atoms with E-state index in [4.69, 9.17) is 0 Å². The number of allylic oxidation sites excluding steroid dienone is 14. The molecule has 7 rings (SSSR count). The lowest BCUT2D eigenvalue weighted by Crippen LogP contribution is -2.52. The average Bonchev–Trinajstić information content (AvgIpc) is 3.87. The standard InChI is InChI=1S/C52H67N5O4/c1-8-12-39(9-2)41(10-3)49(34(4)14-15-36(6)58)50-45-18-19-46(50)44-17-16-43(45)42(44)13-11-24-54-25-22-38(23-26-54)32-55-27-29-56(30-28-55)35(5)31-40-33-57(52(61)37(40)7)47-20-21-48(59)53-51(47)60/h8-9,12,14-15,31,38,42,47,50,58H,1-2,4-7,10-11,13,16-30,32-33H2,3H3,(H,53,59,60)/b15-14-,39-12+,40-31-,49-41-. The molecule has 61 heavy (non-hydrogen) atoms. The Labute approximate surface area is 364 Å². The molecule has 4 aliphatic heterocycles. The van der Waals surface area contributed by atoms with Crippen molar-refractivity contribution in [3.05, 3.63) is 143 Å². The number of piperidine rings is 2. The number of nitrogens with zero attached hydrogens (tertiary/aromatic N) is 4. The Kier molecular flexibility index (Phi) is 14.0. The van der Waals surface area contributed by atoms with Crippen molar-refractivity contribution in [1.29, 1.82) is 0 Å². The van der Waals surface area contributed by atoms with E-state index in [1.165, 1.54) is 69.3 Å². The van der Waals surface area contributed by atoms with E-state index < -0.39 is 11.9 Å². The van der Waals surface area contributed by atoms with Crippen molar-refractivity contribution >= 4 is 17.7 Å². The first kappa shape index (κ1) is 44.1. The van der Waals surface area contributed by atoms with Gasteiger partial charge in [0.25, 0.3) is 5.91 Å². The third-order valence-electron chi connectivity index (χ3n) is 14.5. The van der Waals surface area contributed by atoms with E-state index in [0.29, 0.717) is 24.5 Å². The van der Waals surface area contributed by atoms with Crippen molar-refractivity contribution in [2.24, 2.45) is 17.8 Å². The number of hydrogen-bond donors (Lipinski definition) is 2. The zero-order valence-corrected chi connectivity index (χ0v) is 36.6. The smallest absolute Gasteiger partial charge is 0.254 e. The summed E-state index contributed by atoms with van der Waals surface area (Å²) < 4.78 is 0. The van der Waals surface area contributed by atoms with Gasteiger partial charge in [-0.3, -0.25) is 24.6 Å². The Balaban J connectivity index is 0.878. The molecule has 2 N–H and O–H groups in total. The SMILES string of the molecule is C=C/C=C(C=C)/C(CC)=C(/C(=C)/C=C\C(=C)O)C1C2=C3CCC(=C1CC2)C3CCCN1CCC(CN2CCN(C(=C)/C=C3/CN(C4CCC(=O)NC4=O)C(=O)C3=C)CC2)CC1. The second-order valence-corrected chi connectivity index (χ2v) is 18.0. The van der Waals surface area contributed by atoms with Gasteiger partial charge in [-0.2, -0.15) is 0 Å². The van der Waals surface area contributed by atoms with Crippen LogP contribution < -0.4 is 5.32 Å². The van der Waals surface area contributed by atoms with Crippen molar-refractivity contribution in [3.8, 4) is 0 Å². The maximum absolute atomic E-state index is 13.0. The van der Waals surface area contributed by atoms with E-state index in [-0.39, 0.29) is 29.9 Å². The minimum Gasteiger partial charge on any atom is -0.509 e. The molecule has 6 fully saturated rings. The van der Waals surface area contributed by atoms with E-state index in [9.17, 15) is 19.5 Å². The van der Waals surface area contributed by atoms with Crippen molar-refractivity contribution in [2.75, 3.05) is 58.9 Å². The maximum Gasteiger partial charge on any atom is 0.254 e. The lowest BCUT2D eigenvalue weighted by atomic mass is 9.72. The minimum absolute atomic E-state index is 0.0354. The van der Waals surface area contributed by atoms with Gasteiger partial charge in [-0.15, -0.1) is 0 Å². The van der Waals surface area contributed by atoms with Crippen LogP contribution in [-0.4, -0.2) is 107 Å². The highest BCUT2D eigenvalue weighted by molar-refractivity contribution is 6.06. The fourth-order valence-electron chi connectivity index (χ4n) is 11.4. The summed E-state index contributed by atoms with van der Waals surface area (Å²) in [7, 11) is 0. The summed E-state index contributed by atoms with van der Waals surface area (Å²) in [6.07, 6.45) is 22.4. The first-order valence-electron chi connectivity index (χ1n) is 22.7. The lowest BCUT2D eigenvalue weighted by Gasteiger charge is -2.40. The minimum atomic E-state index is -0.640. The summed E-state index contributed by atoms with van der Waals surface area (Å²) in [4.78, 5) is 46.2. The number of fused-ring (bicyclic) bond motifs is 4. The summed E-state index contributed by atoms with van der Waals surface area (Å²) in [6.45, 7) is 35.7. The molecule has 3 amide bonds. The van der Waals surface area contributed by atoms with E-state index in [1.54, 1.807) is 33.3 Å². The Morgan fingerprint density at radius 2 is 1.52 bits per heavy atom. The summed E-state index contributed by atoms with van der Waals surface area (Å²) in [6, 6.07) is -0.640. The molecule has 1 unspecified atom stereocenters. The molecular weight excluding hydrogens is 759 g/mol. The predicted molar refractivity (Wildman–Crippen MR) is 246 cm³/mol. The van der Waals surface area contributed by atoms with E-state index in [0.717, 1.165) is 80.3 Å². The highest BCUT2D eigenvalue weighted by Gasteiger charge is 2.45. The number of piperazine rings is 1. The number of aliphatic hydroxyl groups excluding tert-OH is 1. The Bertz CT molecular complexity index is 2040. The van der Waals surface area contributed by atoms with E-state index >= 15 is 0 Å². The molecule has 324 valence electrons. The number of likely N-dealkylation sites (tertiary alicyclic amines) is 2. The highest BCUT2D eigenvalue weighted by Crippen LogP contribution is 2.59. The van der Waals surface area contributed by atoms with Crippen molar-refractivity contribution in [2.45, 2.75) is 83.6 Å². The predicted octanol–water partition coefficient (Wildman–Crippen LogP) is 8.36. The number of carbonyl (C=O) groups is 3. The Morgan fingerprint density at radius 1 is 0.852 bits per heavy atom. The van der Waals surface area contributed by atoms with Gasteiger partial charge in [0, 0.05) is 68.8 Å². The lowest BCUT2D eigenvalue weighted by molar-refractivity contribution is -0.142. The quantitative estimate of drug-likeness (QED) is 0.0501. The molecule has 0 aromatic carbocycles. The number of nitrogens with one attached hydrogen (secondary N) is 1. The Morgan fingerprint density at radius 3 is 2.13 bits per heavy atom. The van der Waals surface area contributed by atoms with Crippen LogP contribution in [0.25, 0.3) is 0 Å². The third kappa shape index (κ3) is 9.43. The van der Waals surface area contributed by atoms with Gasteiger partial charge in [0.1, 0.15) is 11.8 Å². The van der Waals surface area contributed by atoms with Crippen LogP contribution in [0.1, 0.15) is 77.6 Å². The first-order valence-corrected chi connectivity index (χ1v) is 22.7. The molecule has 0 radical (unpaired) electrons. The first-order chi connectivity index (χ1) is 29.4. The molecule has 2 saturated carbocycles. The van der Waals surface area contributed by atoms with Crippen LogP contribution in [0.15, 0.2) is 143 Å². The van der Waals surface area contributed by atoms with Crippen LogP contribution in [0.5, 0.6) is 0 Å². The van der Waals surface area contributed by atoms with Gasteiger partial charge in [0.05, 0.1) is 0 Å². The molecule has 3 aliphatic carbocycles. The number of hydrogen-bond acceptors (Lipinski definition) is 7. The zero-order valence-electron chi connectivity index (χ0n) is 36.6. The molecule has 0 aromatic heterocycles. The topological polar surface area (TPSA) is 96.4 Å². The van der Waals surface area contributed by atoms with Gasteiger partial charge >= 0.3 is 0 Å². The van der Waals surface area contributed by atoms with Crippen LogP contribution in [0.2, 0.25) is 0 Å². The zero-order chi connectivity index (χ0) is 43.4. The molecule has 4 bridgehead atoms. The molecule has 0 aromatic rings. The molecule has 4 saturated heterocycles. The molecule has 1 atom stereocenters. The number of amides is 3. The summed E-state index contributed by atoms with van der Waals surface area (Å²) in [5, 5.41) is 12.3. The van der Waals surface area contributed by atoms with Gasteiger partial charge in [0.2, 0.25) is 11.8 Å². The van der Waals surface area contributed by atoms with Crippen molar-refractivity contribution in [3.63, 3.8) is 0 Å². The Hall–Kier alpha value is -4.99. The number of carbonyl (C=O) groups excluding carboxylic acids is 3. The summed E-state index contributed by atoms with van der Waals surface area (Å²) >= 11 is 0. The van der Waals surface area contributed by atoms with Crippen LogP contribution >= 0.6 is 0 Å². The molecule has 7 aliphatic rings. The van der Waals surface area contributed by atoms with Gasteiger partial charge in [-0.1, -0.05) is 93.0 Å². The van der Waals surface area contributed by atoms with E-state index in [1.807, 2.05) is 24.3 Å². The molecule has 9 heteroatoms. The van der Waals surface area contributed by atoms with Gasteiger partial charge in [-0.05, 0) is 130 Å². The second kappa shape index (κ2) is 19.4. The molecule has 4 heterocycles. The van der Waals surface area contributed by atoms with Gasteiger partial charge in [0.15, 0.2) is 0 Å². The third-order valence-corrected chi connectivity index (χ3v) is 14.5. The second-order valence-electron chi connectivity index (χ2n) is 18.0. The summed E-state index contributed by atoms with van der Waals surface area (Å²) in [5.41, 5.74) is 13.3. The molecular formula is C52H67N5O4. The van der Waals surface area contributed by atoms with Crippen molar-refractivity contribution < 1.29 is 19.5 Å². The fourth-order valence-corrected chi connectivity index (χ4v) is 11.4. The van der Waals surface area contributed by atoms with Crippen LogP contribution in [0, 0.1) is 17.8 Å². The van der Waals surface area contributed by atoms with Gasteiger partial charge < -0.3 is 19.8 Å². The number of aliphatic hydroxyl groups is 1. The van der Waals surface area contributed by atoms with Gasteiger partial charge in [-0.25, -0.2) is 0 Å². The molecule has 9 nitrogen and oxygen atoms in total. The number of rotatable bonds is 17. The van der Waals surface area contributed by atoms with Crippen LogP contribution in [0.4, 0.5) is 0 Å². The van der Waals surface area contributed by atoms with Crippen LogP contribution in [-0.2, 0) is 14.4 Å². The number of imide groups is 1. The highest BCUT2D eigenvalue weighted by atomic mass is 16.3. The largest absolute Gasteiger partial charge is 0.509 e. The normalized spacial score (nSPS) is 26.5. The monoisotopic (exact) mass is 826 g/mol. The molecule has 0 spiro atoms. The summed E-state index contributed by atoms with van der Waals surface area (Å²) in [5.74, 6) is 0.667. The van der Waals surface area contributed by atoms with Crippen LogP contribution in [0.3, 0.4) is 0 Å².